The smallest absolute Gasteiger partial charge is 0.181 e. The highest BCUT2D eigenvalue weighted by atomic mass is 16.1. The molecule has 0 spiro atoms. The van der Waals surface area contributed by atoms with Crippen molar-refractivity contribution in [2.24, 2.45) is 7.05 Å². The number of H-pyrrole nitrogens is 1. The number of aryl methyl sites for hydroxylation is 2. The van der Waals surface area contributed by atoms with Crippen LogP contribution in [0.4, 0.5) is 5.82 Å². The van der Waals surface area contributed by atoms with Gasteiger partial charge in [0.25, 0.3) is 0 Å². The lowest BCUT2D eigenvalue weighted by Gasteiger charge is -2.11. The predicted molar refractivity (Wildman–Crippen MR) is 98.5 cm³/mol. The Kier molecular flexibility index (Phi) is 3.54. The molecular formula is C18H17N7O. The average molecular weight is 347 g/mol. The van der Waals surface area contributed by atoms with Gasteiger partial charge in [-0.3, -0.25) is 14.6 Å². The van der Waals surface area contributed by atoms with E-state index >= 15 is 0 Å². The van der Waals surface area contributed by atoms with Crippen molar-refractivity contribution in [1.29, 1.82) is 0 Å². The number of benzene rings is 1. The number of Topliss-reactive ketones (excluding diaryl/α,β-unsaturated/α-hetero) is 1. The molecule has 0 aliphatic heterocycles. The molecule has 0 aliphatic carbocycles. The molecule has 130 valence electrons. The lowest BCUT2D eigenvalue weighted by atomic mass is 10.0. The van der Waals surface area contributed by atoms with E-state index in [1.165, 1.54) is 6.92 Å². The van der Waals surface area contributed by atoms with Crippen molar-refractivity contribution < 1.29 is 4.79 Å². The molecule has 8 nitrogen and oxygen atoms in total. The van der Waals surface area contributed by atoms with Crippen molar-refractivity contribution in [3.63, 3.8) is 0 Å². The second-order valence-corrected chi connectivity index (χ2v) is 6.21. The van der Waals surface area contributed by atoms with Gasteiger partial charge in [-0.1, -0.05) is 0 Å². The second kappa shape index (κ2) is 5.76. The van der Waals surface area contributed by atoms with Gasteiger partial charge in [-0.05, 0) is 30.7 Å². The summed E-state index contributed by atoms with van der Waals surface area (Å²) in [6, 6.07) is 5.78. The number of carbonyl (C=O) groups is 1. The minimum absolute atomic E-state index is 0.100. The SMILES string of the molecule is CC(=O)c1nc(-c2cc(C)c3[nH]ncc3c2)c(-c2ccn(C)n2)nc1N. The fourth-order valence-electron chi connectivity index (χ4n) is 3.00. The van der Waals surface area contributed by atoms with Crippen molar-refractivity contribution in [2.75, 3.05) is 5.73 Å². The molecule has 0 radical (unpaired) electrons. The first kappa shape index (κ1) is 15.9. The van der Waals surface area contributed by atoms with Gasteiger partial charge in [0.15, 0.2) is 11.6 Å². The minimum atomic E-state index is -0.232. The molecule has 8 heteroatoms. The van der Waals surface area contributed by atoms with Crippen LogP contribution in [0.15, 0.2) is 30.6 Å². The second-order valence-electron chi connectivity index (χ2n) is 6.21. The minimum Gasteiger partial charge on any atom is -0.382 e. The topological polar surface area (TPSA) is 115 Å². The van der Waals surface area contributed by atoms with Crippen LogP contribution in [0, 0.1) is 6.92 Å². The summed E-state index contributed by atoms with van der Waals surface area (Å²) < 4.78 is 1.68. The molecule has 0 unspecified atom stereocenters. The molecule has 0 fully saturated rings. The van der Waals surface area contributed by atoms with Gasteiger partial charge < -0.3 is 5.73 Å². The van der Waals surface area contributed by atoms with Crippen LogP contribution >= 0.6 is 0 Å². The number of nitrogens with two attached hydrogens (primary N) is 1. The van der Waals surface area contributed by atoms with Gasteiger partial charge in [-0.25, -0.2) is 9.97 Å². The number of rotatable bonds is 3. The Balaban J connectivity index is 2.03. The van der Waals surface area contributed by atoms with E-state index in [-0.39, 0.29) is 17.3 Å². The van der Waals surface area contributed by atoms with Crippen LogP contribution in [0.1, 0.15) is 23.0 Å². The van der Waals surface area contributed by atoms with Gasteiger partial charge in [0.2, 0.25) is 0 Å². The third-order valence-electron chi connectivity index (χ3n) is 4.23. The quantitative estimate of drug-likeness (QED) is 0.550. The van der Waals surface area contributed by atoms with Crippen LogP contribution in [-0.2, 0) is 7.05 Å². The molecule has 0 bridgehead atoms. The Morgan fingerprint density at radius 3 is 2.73 bits per heavy atom. The number of anilines is 1. The number of fused-ring (bicyclic) bond motifs is 1. The summed E-state index contributed by atoms with van der Waals surface area (Å²) in [6.45, 7) is 3.41. The highest BCUT2D eigenvalue weighted by Crippen LogP contribution is 2.32. The first-order chi connectivity index (χ1) is 12.4. The van der Waals surface area contributed by atoms with Crippen molar-refractivity contribution in [3.8, 4) is 22.6 Å². The summed E-state index contributed by atoms with van der Waals surface area (Å²) in [5.74, 6) is -0.132. The van der Waals surface area contributed by atoms with E-state index in [0.29, 0.717) is 17.1 Å². The maximum atomic E-state index is 11.9. The zero-order valence-corrected chi connectivity index (χ0v) is 14.6. The molecule has 3 N–H and O–H groups in total. The van der Waals surface area contributed by atoms with Gasteiger partial charge >= 0.3 is 0 Å². The van der Waals surface area contributed by atoms with E-state index in [0.717, 1.165) is 22.0 Å². The third kappa shape index (κ3) is 2.52. The number of aromatic nitrogens is 6. The highest BCUT2D eigenvalue weighted by Gasteiger charge is 2.20. The lowest BCUT2D eigenvalue weighted by Crippen LogP contribution is -2.09. The Hall–Kier alpha value is -3.55. The zero-order valence-electron chi connectivity index (χ0n) is 14.6. The van der Waals surface area contributed by atoms with E-state index in [4.69, 9.17) is 5.73 Å². The molecule has 0 amide bonds. The Morgan fingerprint density at radius 2 is 2.04 bits per heavy atom. The predicted octanol–water partition coefficient (Wildman–Crippen LogP) is 2.51. The average Bonchev–Trinajstić information content (AvgIpc) is 3.23. The Labute approximate surface area is 149 Å². The summed E-state index contributed by atoms with van der Waals surface area (Å²) in [7, 11) is 1.82. The number of carbonyl (C=O) groups excluding carboxylic acids is 1. The van der Waals surface area contributed by atoms with Crippen molar-refractivity contribution >= 4 is 22.5 Å². The van der Waals surface area contributed by atoms with Gasteiger partial charge in [-0.15, -0.1) is 0 Å². The molecule has 1 aromatic carbocycles. The fraction of sp³-hybridized carbons (Fsp3) is 0.167. The van der Waals surface area contributed by atoms with Crippen LogP contribution in [0.3, 0.4) is 0 Å². The van der Waals surface area contributed by atoms with E-state index in [1.807, 2.05) is 38.4 Å². The van der Waals surface area contributed by atoms with Crippen LogP contribution in [0.5, 0.6) is 0 Å². The first-order valence-electron chi connectivity index (χ1n) is 8.06. The number of nitrogens with zero attached hydrogens (tertiary/aromatic N) is 5. The molecular weight excluding hydrogens is 330 g/mol. The molecule has 26 heavy (non-hydrogen) atoms. The standard InChI is InChI=1S/C18H17N7O/c1-9-6-11(7-12-8-20-23-14(9)12)16-17(13-4-5-25(3)24-13)22-18(19)15(21-16)10(2)26/h4-8H,1-3H3,(H2,19,22)(H,20,23). The number of ketones is 1. The van der Waals surface area contributed by atoms with E-state index in [9.17, 15) is 4.79 Å². The highest BCUT2D eigenvalue weighted by molar-refractivity contribution is 5.98. The number of nitrogen functional groups attached to an aromatic ring is 1. The van der Waals surface area contributed by atoms with Gasteiger partial charge in [-0.2, -0.15) is 10.2 Å². The molecule has 0 atom stereocenters. The molecule has 4 rings (SSSR count). The Bertz CT molecular complexity index is 1160. The maximum Gasteiger partial charge on any atom is 0.181 e. The summed E-state index contributed by atoms with van der Waals surface area (Å²) in [5, 5.41) is 12.4. The third-order valence-corrected chi connectivity index (χ3v) is 4.23. The molecule has 3 heterocycles. The van der Waals surface area contributed by atoms with Gasteiger partial charge in [0.05, 0.1) is 17.4 Å². The monoisotopic (exact) mass is 347 g/mol. The fourth-order valence-corrected chi connectivity index (χ4v) is 3.00. The summed E-state index contributed by atoms with van der Waals surface area (Å²) in [5.41, 5.74) is 10.7. The maximum absolute atomic E-state index is 11.9. The molecule has 0 saturated carbocycles. The molecule has 4 aromatic rings. The van der Waals surface area contributed by atoms with Gasteiger partial charge in [0, 0.05) is 31.1 Å². The van der Waals surface area contributed by atoms with E-state index in [1.54, 1.807) is 10.9 Å². The largest absolute Gasteiger partial charge is 0.382 e. The number of hydrogen-bond donors (Lipinski definition) is 2. The number of nitrogens with one attached hydrogen (secondary N) is 1. The van der Waals surface area contributed by atoms with Crippen molar-refractivity contribution in [2.45, 2.75) is 13.8 Å². The molecule has 0 aliphatic rings. The van der Waals surface area contributed by atoms with Crippen LogP contribution in [0.25, 0.3) is 33.5 Å². The van der Waals surface area contributed by atoms with Crippen LogP contribution in [-0.4, -0.2) is 35.7 Å². The first-order valence-corrected chi connectivity index (χ1v) is 8.06. The van der Waals surface area contributed by atoms with E-state index < -0.39 is 0 Å². The van der Waals surface area contributed by atoms with Gasteiger partial charge in [0.1, 0.15) is 17.1 Å². The number of aromatic amines is 1. The molecule has 0 saturated heterocycles. The lowest BCUT2D eigenvalue weighted by molar-refractivity contribution is 0.101. The summed E-state index contributed by atoms with van der Waals surface area (Å²) in [4.78, 5) is 20.9. The van der Waals surface area contributed by atoms with Crippen LogP contribution < -0.4 is 5.73 Å². The summed E-state index contributed by atoms with van der Waals surface area (Å²) >= 11 is 0. The van der Waals surface area contributed by atoms with Crippen molar-refractivity contribution in [1.82, 2.24) is 29.9 Å². The van der Waals surface area contributed by atoms with Crippen molar-refractivity contribution in [3.05, 3.63) is 41.9 Å². The summed E-state index contributed by atoms with van der Waals surface area (Å²) in [6.07, 6.45) is 3.57. The Morgan fingerprint density at radius 1 is 1.23 bits per heavy atom. The van der Waals surface area contributed by atoms with Crippen LogP contribution in [0.2, 0.25) is 0 Å². The normalized spacial score (nSPS) is 11.2. The number of hydrogen-bond acceptors (Lipinski definition) is 6. The van der Waals surface area contributed by atoms with E-state index in [2.05, 4.69) is 25.3 Å². The zero-order chi connectivity index (χ0) is 18.4. The molecule has 3 aromatic heterocycles.